The first-order chi connectivity index (χ1) is 13.2. The van der Waals surface area contributed by atoms with Gasteiger partial charge in [0.25, 0.3) is 0 Å². The third-order valence-electron chi connectivity index (χ3n) is 5.44. The van der Waals surface area contributed by atoms with Crippen LogP contribution in [0.15, 0.2) is 53.4 Å². The van der Waals surface area contributed by atoms with Gasteiger partial charge in [-0.3, -0.25) is 4.79 Å². The zero-order valence-corrected chi connectivity index (χ0v) is 17.6. The number of anilines is 1. The number of piperidine rings is 1. The van der Waals surface area contributed by atoms with E-state index in [0.717, 1.165) is 24.8 Å². The van der Waals surface area contributed by atoms with E-state index >= 15 is 0 Å². The number of hydrogen-bond acceptors (Lipinski definition) is 3. The van der Waals surface area contributed by atoms with Crippen molar-refractivity contribution in [2.75, 3.05) is 18.4 Å². The van der Waals surface area contributed by atoms with E-state index in [1.54, 1.807) is 29.4 Å². The first-order valence-electron chi connectivity index (χ1n) is 9.71. The summed E-state index contributed by atoms with van der Waals surface area (Å²) in [6.07, 6.45) is 2.84. The number of nitrogens with one attached hydrogen (secondary N) is 1. The van der Waals surface area contributed by atoms with Crippen LogP contribution in [0.1, 0.15) is 44.2 Å². The van der Waals surface area contributed by atoms with E-state index in [2.05, 4.69) is 5.32 Å². The molecule has 1 N–H and O–H groups in total. The van der Waals surface area contributed by atoms with Crippen LogP contribution in [0.2, 0.25) is 0 Å². The Kier molecular flexibility index (Phi) is 5.91. The predicted molar refractivity (Wildman–Crippen MR) is 112 cm³/mol. The van der Waals surface area contributed by atoms with Gasteiger partial charge in [-0.15, -0.1) is 0 Å². The molecule has 0 spiro atoms. The van der Waals surface area contributed by atoms with Gasteiger partial charge in [0.2, 0.25) is 15.9 Å². The van der Waals surface area contributed by atoms with Crippen molar-refractivity contribution in [3.05, 3.63) is 59.7 Å². The number of aryl methyl sites for hydroxylation is 1. The number of nitrogens with zero attached hydrogens (tertiary/aromatic N) is 1. The van der Waals surface area contributed by atoms with Crippen LogP contribution in [0.25, 0.3) is 0 Å². The van der Waals surface area contributed by atoms with Crippen molar-refractivity contribution in [2.45, 2.75) is 50.3 Å². The van der Waals surface area contributed by atoms with Crippen LogP contribution in [0.4, 0.5) is 5.69 Å². The van der Waals surface area contributed by atoms with Gasteiger partial charge in [0.05, 0.1) is 10.3 Å². The Labute approximate surface area is 167 Å². The lowest BCUT2D eigenvalue weighted by Gasteiger charge is -2.27. The summed E-state index contributed by atoms with van der Waals surface area (Å²) >= 11 is 0. The molecule has 2 aromatic carbocycles. The number of sulfonamides is 1. The number of rotatable bonds is 5. The van der Waals surface area contributed by atoms with Gasteiger partial charge in [-0.25, -0.2) is 8.42 Å². The SMILES string of the molecule is Cc1ccc(NC(=O)C(C)(C)c2ccccc2)cc1S(=O)(=O)N1CCCCC1. The summed E-state index contributed by atoms with van der Waals surface area (Å²) in [5.74, 6) is -0.177. The Morgan fingerprint density at radius 3 is 2.29 bits per heavy atom. The van der Waals surface area contributed by atoms with Gasteiger partial charge < -0.3 is 5.32 Å². The lowest BCUT2D eigenvalue weighted by Crippen LogP contribution is -2.36. The smallest absolute Gasteiger partial charge is 0.243 e. The molecule has 0 saturated carbocycles. The summed E-state index contributed by atoms with van der Waals surface area (Å²) in [7, 11) is -3.56. The van der Waals surface area contributed by atoms with E-state index < -0.39 is 15.4 Å². The number of amides is 1. The molecule has 0 atom stereocenters. The standard InChI is InChI=1S/C22H28N2O3S/c1-17-12-13-19(16-20(17)28(26,27)24-14-8-5-9-15-24)23-21(25)22(2,3)18-10-6-4-7-11-18/h4,6-7,10-13,16H,5,8-9,14-15H2,1-3H3,(H,23,25). The van der Waals surface area contributed by atoms with Gasteiger partial charge in [-0.2, -0.15) is 4.31 Å². The van der Waals surface area contributed by atoms with Gasteiger partial charge in [0.1, 0.15) is 0 Å². The largest absolute Gasteiger partial charge is 0.325 e. The Balaban J connectivity index is 1.86. The molecule has 1 fully saturated rings. The van der Waals surface area contributed by atoms with Gasteiger partial charge >= 0.3 is 0 Å². The topological polar surface area (TPSA) is 66.5 Å². The van der Waals surface area contributed by atoms with Crippen LogP contribution in [0.3, 0.4) is 0 Å². The molecule has 0 radical (unpaired) electrons. The minimum Gasteiger partial charge on any atom is -0.325 e. The second-order valence-corrected chi connectivity index (χ2v) is 9.80. The molecule has 1 saturated heterocycles. The predicted octanol–water partition coefficient (Wildman–Crippen LogP) is 4.09. The number of carbonyl (C=O) groups is 1. The van der Waals surface area contributed by atoms with E-state index in [1.165, 1.54) is 0 Å². The van der Waals surface area contributed by atoms with Crippen LogP contribution < -0.4 is 5.32 Å². The highest BCUT2D eigenvalue weighted by Gasteiger charge is 2.31. The normalized spacial score (nSPS) is 16.0. The maximum Gasteiger partial charge on any atom is 0.243 e. The summed E-state index contributed by atoms with van der Waals surface area (Å²) < 4.78 is 27.7. The van der Waals surface area contributed by atoms with Crippen molar-refractivity contribution in [1.29, 1.82) is 0 Å². The molecule has 1 aliphatic rings. The van der Waals surface area contributed by atoms with Crippen LogP contribution in [0, 0.1) is 6.92 Å². The van der Waals surface area contributed by atoms with Crippen LogP contribution in [-0.4, -0.2) is 31.7 Å². The van der Waals surface area contributed by atoms with Crippen molar-refractivity contribution >= 4 is 21.6 Å². The Hall–Kier alpha value is -2.18. The third kappa shape index (κ3) is 4.13. The average molecular weight is 401 g/mol. The summed E-state index contributed by atoms with van der Waals surface area (Å²) in [5.41, 5.74) is 1.35. The van der Waals surface area contributed by atoms with Crippen LogP contribution >= 0.6 is 0 Å². The molecular weight excluding hydrogens is 372 g/mol. The zero-order chi connectivity index (χ0) is 20.4. The monoisotopic (exact) mass is 400 g/mol. The highest BCUT2D eigenvalue weighted by atomic mass is 32.2. The van der Waals surface area contributed by atoms with Gasteiger partial charge in [-0.05, 0) is 56.9 Å². The van der Waals surface area contributed by atoms with E-state index in [1.807, 2.05) is 44.2 Å². The number of hydrogen-bond donors (Lipinski definition) is 1. The average Bonchev–Trinajstić information content (AvgIpc) is 2.70. The van der Waals surface area contributed by atoms with E-state index in [4.69, 9.17) is 0 Å². The first-order valence-corrected chi connectivity index (χ1v) is 11.1. The Morgan fingerprint density at radius 1 is 1.00 bits per heavy atom. The maximum absolute atomic E-state index is 13.1. The fraction of sp³-hybridized carbons (Fsp3) is 0.409. The lowest BCUT2D eigenvalue weighted by molar-refractivity contribution is -0.120. The van der Waals surface area contributed by atoms with E-state index in [9.17, 15) is 13.2 Å². The van der Waals surface area contributed by atoms with Crippen molar-refractivity contribution in [3.8, 4) is 0 Å². The molecule has 150 valence electrons. The molecular formula is C22H28N2O3S. The fourth-order valence-corrected chi connectivity index (χ4v) is 5.24. The molecule has 28 heavy (non-hydrogen) atoms. The van der Waals surface area contributed by atoms with E-state index in [0.29, 0.717) is 24.3 Å². The molecule has 0 unspecified atom stereocenters. The third-order valence-corrected chi connectivity index (χ3v) is 7.48. The molecule has 0 bridgehead atoms. The summed E-state index contributed by atoms with van der Waals surface area (Å²) in [6, 6.07) is 14.6. The molecule has 1 aliphatic heterocycles. The van der Waals surface area contributed by atoms with Gasteiger partial charge in [-0.1, -0.05) is 42.8 Å². The van der Waals surface area contributed by atoms with Crippen LogP contribution in [0.5, 0.6) is 0 Å². The lowest BCUT2D eigenvalue weighted by atomic mass is 9.83. The minimum absolute atomic E-state index is 0.177. The summed E-state index contributed by atoms with van der Waals surface area (Å²) in [6.45, 7) is 6.61. The molecule has 2 aromatic rings. The van der Waals surface area contributed by atoms with Crippen molar-refractivity contribution in [1.82, 2.24) is 4.31 Å². The molecule has 0 aliphatic carbocycles. The fourth-order valence-electron chi connectivity index (χ4n) is 3.47. The highest BCUT2D eigenvalue weighted by Crippen LogP contribution is 2.28. The number of benzene rings is 2. The maximum atomic E-state index is 13.1. The molecule has 1 amide bonds. The summed E-state index contributed by atoms with van der Waals surface area (Å²) in [4.78, 5) is 13.2. The van der Waals surface area contributed by atoms with Crippen molar-refractivity contribution < 1.29 is 13.2 Å². The zero-order valence-electron chi connectivity index (χ0n) is 16.7. The second kappa shape index (κ2) is 8.05. The quantitative estimate of drug-likeness (QED) is 0.822. The molecule has 6 heteroatoms. The van der Waals surface area contributed by atoms with Gasteiger partial charge in [0.15, 0.2) is 0 Å². The second-order valence-electron chi connectivity index (χ2n) is 7.89. The molecule has 5 nitrogen and oxygen atoms in total. The highest BCUT2D eigenvalue weighted by molar-refractivity contribution is 7.89. The van der Waals surface area contributed by atoms with Crippen molar-refractivity contribution in [3.63, 3.8) is 0 Å². The molecule has 0 aromatic heterocycles. The van der Waals surface area contributed by atoms with Crippen LogP contribution in [-0.2, 0) is 20.2 Å². The first kappa shape index (κ1) is 20.6. The summed E-state index contributed by atoms with van der Waals surface area (Å²) in [5, 5.41) is 2.90. The Morgan fingerprint density at radius 2 is 1.64 bits per heavy atom. The van der Waals surface area contributed by atoms with E-state index in [-0.39, 0.29) is 10.8 Å². The minimum atomic E-state index is -3.56. The van der Waals surface area contributed by atoms with Gasteiger partial charge in [0, 0.05) is 18.8 Å². The molecule has 1 heterocycles. The molecule has 3 rings (SSSR count). The van der Waals surface area contributed by atoms with Crippen molar-refractivity contribution in [2.24, 2.45) is 0 Å². The number of carbonyl (C=O) groups excluding carboxylic acids is 1. The Bertz CT molecular complexity index is 947.